The van der Waals surface area contributed by atoms with E-state index in [-0.39, 0.29) is 5.75 Å². The normalized spacial score (nSPS) is 17.2. The van der Waals surface area contributed by atoms with Crippen LogP contribution in [0.5, 0.6) is 11.5 Å². The molecular formula is C19H23BrN2O2. The smallest absolute Gasteiger partial charge is 0.160 e. The van der Waals surface area contributed by atoms with Crippen molar-refractivity contribution in [2.24, 2.45) is 5.92 Å². The Morgan fingerprint density at radius 2 is 2.04 bits per heavy atom. The molecular weight excluding hydrogens is 368 g/mol. The summed E-state index contributed by atoms with van der Waals surface area (Å²) in [4.78, 5) is 2.44. The number of phenolic OH excluding ortho intramolecular Hbond substituents is 1. The molecule has 1 unspecified atom stereocenters. The van der Waals surface area contributed by atoms with Crippen molar-refractivity contribution in [2.45, 2.75) is 13.0 Å². The number of methoxy groups -OCH3 is 1. The third-order valence-electron chi connectivity index (χ3n) is 4.48. The van der Waals surface area contributed by atoms with Gasteiger partial charge in [-0.3, -0.25) is 0 Å². The van der Waals surface area contributed by atoms with Gasteiger partial charge in [-0.1, -0.05) is 22.0 Å². The van der Waals surface area contributed by atoms with Crippen LogP contribution >= 0.6 is 15.9 Å². The Labute approximate surface area is 151 Å². The molecule has 1 heterocycles. The van der Waals surface area contributed by atoms with Crippen LogP contribution in [-0.4, -0.2) is 31.9 Å². The first kappa shape index (κ1) is 17.1. The Morgan fingerprint density at radius 1 is 1.25 bits per heavy atom. The number of nitrogens with zero attached hydrogens (tertiary/aromatic N) is 1. The predicted octanol–water partition coefficient (Wildman–Crippen LogP) is 3.78. The fraction of sp³-hybridized carbons (Fsp3) is 0.368. The molecule has 0 amide bonds. The minimum absolute atomic E-state index is 0.194. The van der Waals surface area contributed by atoms with E-state index in [2.05, 4.69) is 50.4 Å². The Bertz CT molecular complexity index is 676. The van der Waals surface area contributed by atoms with E-state index >= 15 is 0 Å². The van der Waals surface area contributed by atoms with Gasteiger partial charge in [-0.25, -0.2) is 0 Å². The van der Waals surface area contributed by atoms with Gasteiger partial charge in [-0.2, -0.15) is 0 Å². The summed E-state index contributed by atoms with van der Waals surface area (Å²) in [5.74, 6) is 1.36. The van der Waals surface area contributed by atoms with E-state index in [0.717, 1.165) is 36.2 Å². The van der Waals surface area contributed by atoms with Crippen LogP contribution in [0, 0.1) is 5.92 Å². The molecule has 1 aliphatic rings. The van der Waals surface area contributed by atoms with Gasteiger partial charge in [0.1, 0.15) is 0 Å². The second-order valence-electron chi connectivity index (χ2n) is 6.21. The van der Waals surface area contributed by atoms with Crippen molar-refractivity contribution >= 4 is 21.6 Å². The Balaban J connectivity index is 1.46. The molecule has 2 aromatic rings. The average Bonchev–Trinajstić information content (AvgIpc) is 3.04. The number of phenols is 1. The van der Waals surface area contributed by atoms with Crippen LogP contribution in [0.15, 0.2) is 46.9 Å². The number of anilines is 1. The van der Waals surface area contributed by atoms with E-state index in [1.807, 2.05) is 6.07 Å². The first-order valence-corrected chi connectivity index (χ1v) is 9.02. The molecule has 0 aliphatic carbocycles. The number of hydrogen-bond donors (Lipinski definition) is 2. The van der Waals surface area contributed by atoms with E-state index in [0.29, 0.717) is 11.7 Å². The van der Waals surface area contributed by atoms with Gasteiger partial charge in [-0.05, 0) is 54.3 Å². The Morgan fingerprint density at radius 3 is 2.75 bits per heavy atom. The van der Waals surface area contributed by atoms with Crippen molar-refractivity contribution < 1.29 is 9.84 Å². The van der Waals surface area contributed by atoms with Crippen LogP contribution < -0.4 is 15.0 Å². The van der Waals surface area contributed by atoms with Gasteiger partial charge in [0.2, 0.25) is 0 Å². The molecule has 2 aromatic carbocycles. The lowest BCUT2D eigenvalue weighted by molar-refractivity contribution is 0.373. The lowest BCUT2D eigenvalue weighted by Gasteiger charge is -2.19. The number of benzene rings is 2. The molecule has 0 saturated carbocycles. The highest BCUT2D eigenvalue weighted by Gasteiger charge is 2.22. The molecule has 0 radical (unpaired) electrons. The SMILES string of the molecule is COc1ccc(CNCC2CCN(c3ccc(Br)cc3)C2)cc1O. The minimum Gasteiger partial charge on any atom is -0.504 e. The maximum atomic E-state index is 9.82. The van der Waals surface area contributed by atoms with E-state index in [4.69, 9.17) is 4.74 Å². The van der Waals surface area contributed by atoms with Crippen molar-refractivity contribution in [3.8, 4) is 11.5 Å². The van der Waals surface area contributed by atoms with Gasteiger partial charge in [0.25, 0.3) is 0 Å². The first-order valence-electron chi connectivity index (χ1n) is 8.23. The summed E-state index contributed by atoms with van der Waals surface area (Å²) in [7, 11) is 1.56. The molecule has 1 fully saturated rings. The summed E-state index contributed by atoms with van der Waals surface area (Å²) in [6.07, 6.45) is 1.21. The van der Waals surface area contributed by atoms with Gasteiger partial charge >= 0.3 is 0 Å². The molecule has 1 aliphatic heterocycles. The van der Waals surface area contributed by atoms with Crippen LogP contribution in [0.2, 0.25) is 0 Å². The summed E-state index contributed by atoms with van der Waals surface area (Å²) >= 11 is 3.48. The summed E-state index contributed by atoms with van der Waals surface area (Å²) in [5, 5.41) is 13.3. The van der Waals surface area contributed by atoms with Gasteiger partial charge in [0.05, 0.1) is 7.11 Å². The zero-order valence-corrected chi connectivity index (χ0v) is 15.4. The second-order valence-corrected chi connectivity index (χ2v) is 7.13. The first-order chi connectivity index (χ1) is 11.7. The zero-order valence-electron chi connectivity index (χ0n) is 13.8. The second kappa shape index (κ2) is 7.90. The number of aromatic hydroxyl groups is 1. The highest BCUT2D eigenvalue weighted by molar-refractivity contribution is 9.10. The fourth-order valence-electron chi connectivity index (χ4n) is 3.15. The zero-order chi connectivity index (χ0) is 16.9. The summed E-state index contributed by atoms with van der Waals surface area (Å²) in [5.41, 5.74) is 2.36. The largest absolute Gasteiger partial charge is 0.504 e. The molecule has 1 atom stereocenters. The highest BCUT2D eigenvalue weighted by atomic mass is 79.9. The van der Waals surface area contributed by atoms with Gasteiger partial charge in [-0.15, -0.1) is 0 Å². The van der Waals surface area contributed by atoms with Gasteiger partial charge in [0.15, 0.2) is 11.5 Å². The van der Waals surface area contributed by atoms with Crippen LogP contribution in [-0.2, 0) is 6.54 Å². The number of hydrogen-bond acceptors (Lipinski definition) is 4. The monoisotopic (exact) mass is 390 g/mol. The van der Waals surface area contributed by atoms with Crippen molar-refractivity contribution in [3.63, 3.8) is 0 Å². The molecule has 24 heavy (non-hydrogen) atoms. The third kappa shape index (κ3) is 4.22. The number of rotatable bonds is 6. The standard InChI is InChI=1S/C19H23BrN2O2/c1-24-19-7-2-14(10-18(19)23)11-21-12-15-8-9-22(13-15)17-5-3-16(20)4-6-17/h2-7,10,15,21,23H,8-9,11-13H2,1H3. The van der Waals surface area contributed by atoms with Crippen molar-refractivity contribution in [3.05, 3.63) is 52.5 Å². The van der Waals surface area contributed by atoms with E-state index < -0.39 is 0 Å². The molecule has 0 bridgehead atoms. The molecule has 2 N–H and O–H groups in total. The summed E-state index contributed by atoms with van der Waals surface area (Å²) < 4.78 is 6.19. The minimum atomic E-state index is 0.194. The Hall–Kier alpha value is -1.72. The van der Waals surface area contributed by atoms with E-state index in [1.54, 1.807) is 19.2 Å². The number of halogens is 1. The van der Waals surface area contributed by atoms with Crippen LogP contribution in [0.1, 0.15) is 12.0 Å². The van der Waals surface area contributed by atoms with Crippen LogP contribution in [0.4, 0.5) is 5.69 Å². The molecule has 0 spiro atoms. The quantitative estimate of drug-likeness (QED) is 0.787. The number of ether oxygens (including phenoxy) is 1. The fourth-order valence-corrected chi connectivity index (χ4v) is 3.42. The number of nitrogens with one attached hydrogen (secondary N) is 1. The molecule has 5 heteroatoms. The van der Waals surface area contributed by atoms with Crippen LogP contribution in [0.25, 0.3) is 0 Å². The lowest BCUT2D eigenvalue weighted by Crippen LogP contribution is -2.26. The van der Waals surface area contributed by atoms with Gasteiger partial charge < -0.3 is 20.1 Å². The topological polar surface area (TPSA) is 44.7 Å². The summed E-state index contributed by atoms with van der Waals surface area (Å²) in [6.45, 7) is 3.94. The molecule has 0 aromatic heterocycles. The van der Waals surface area contributed by atoms with Crippen molar-refractivity contribution in [2.75, 3.05) is 31.6 Å². The van der Waals surface area contributed by atoms with Crippen molar-refractivity contribution in [1.29, 1.82) is 0 Å². The van der Waals surface area contributed by atoms with Crippen molar-refractivity contribution in [1.82, 2.24) is 5.32 Å². The van der Waals surface area contributed by atoms with E-state index in [1.165, 1.54) is 12.1 Å². The predicted molar refractivity (Wildman–Crippen MR) is 101 cm³/mol. The molecule has 128 valence electrons. The third-order valence-corrected chi connectivity index (χ3v) is 5.01. The maximum Gasteiger partial charge on any atom is 0.160 e. The lowest BCUT2D eigenvalue weighted by atomic mass is 10.1. The molecule has 1 saturated heterocycles. The Kier molecular flexibility index (Phi) is 5.63. The van der Waals surface area contributed by atoms with E-state index in [9.17, 15) is 5.11 Å². The molecule has 3 rings (SSSR count). The molecule has 4 nitrogen and oxygen atoms in total. The average molecular weight is 391 g/mol. The van der Waals surface area contributed by atoms with Crippen LogP contribution in [0.3, 0.4) is 0 Å². The highest BCUT2D eigenvalue weighted by Crippen LogP contribution is 2.27. The van der Waals surface area contributed by atoms with Gasteiger partial charge in [0, 0.05) is 36.3 Å². The maximum absolute atomic E-state index is 9.82. The summed E-state index contributed by atoms with van der Waals surface area (Å²) in [6, 6.07) is 14.1.